The quantitative estimate of drug-likeness (QED) is 0.758. The van der Waals surface area contributed by atoms with Gasteiger partial charge in [0.05, 0.1) is 12.1 Å². The van der Waals surface area contributed by atoms with Crippen LogP contribution in [-0.4, -0.2) is 23.4 Å². The molecule has 3 nitrogen and oxygen atoms in total. The summed E-state index contributed by atoms with van der Waals surface area (Å²) in [6.07, 6.45) is 0.371. The van der Waals surface area contributed by atoms with E-state index in [-0.39, 0.29) is 5.78 Å². The lowest BCUT2D eigenvalue weighted by atomic mass is 10.1. The lowest BCUT2D eigenvalue weighted by molar-refractivity contribution is 0.0992. The molecule has 0 N–H and O–H groups in total. The average Bonchev–Trinajstić information content (AvgIpc) is 2.88. The number of thiazole rings is 1. The number of carbonyl (C=O) groups excluding carboxylic acids is 1. The summed E-state index contributed by atoms with van der Waals surface area (Å²) in [5.74, 6) is 0.120. The molecular formula is C16H20N2OS. The van der Waals surface area contributed by atoms with Gasteiger partial charge in [-0.3, -0.25) is 4.79 Å². The summed E-state index contributed by atoms with van der Waals surface area (Å²) >= 11 is 1.61. The number of hydrogen-bond donors (Lipinski definition) is 0. The standard InChI is InChI=1S/C16H20N2OS/c1-4-18(12(2)3)16-17-14(11-20-16)10-15(19)13-8-6-5-7-9-13/h5-9,11-12H,4,10H2,1-3H3. The first-order chi connectivity index (χ1) is 9.61. The van der Waals surface area contributed by atoms with Gasteiger partial charge in [-0.05, 0) is 20.8 Å². The number of Topliss-reactive ketones (excluding diaryl/α,β-unsaturated/α-hetero) is 1. The first-order valence-corrected chi connectivity index (χ1v) is 7.79. The SMILES string of the molecule is CCN(c1nc(CC(=O)c2ccccc2)cs1)C(C)C. The van der Waals surface area contributed by atoms with E-state index in [1.165, 1.54) is 0 Å². The molecule has 0 aliphatic heterocycles. The van der Waals surface area contributed by atoms with Crippen molar-refractivity contribution in [1.29, 1.82) is 0 Å². The van der Waals surface area contributed by atoms with E-state index in [1.54, 1.807) is 11.3 Å². The van der Waals surface area contributed by atoms with Gasteiger partial charge in [-0.25, -0.2) is 4.98 Å². The minimum Gasteiger partial charge on any atom is -0.346 e. The van der Waals surface area contributed by atoms with Crippen molar-refractivity contribution >= 4 is 22.3 Å². The lowest BCUT2D eigenvalue weighted by Crippen LogP contribution is -2.30. The number of carbonyl (C=O) groups is 1. The molecule has 0 radical (unpaired) electrons. The molecular weight excluding hydrogens is 268 g/mol. The molecule has 2 aromatic rings. The predicted molar refractivity (Wildman–Crippen MR) is 84.7 cm³/mol. The number of rotatable bonds is 6. The second-order valence-corrected chi connectivity index (χ2v) is 5.80. The summed E-state index contributed by atoms with van der Waals surface area (Å²) in [6, 6.07) is 9.81. The first-order valence-electron chi connectivity index (χ1n) is 6.91. The molecule has 2 rings (SSSR count). The van der Waals surface area contributed by atoms with Gasteiger partial charge in [-0.15, -0.1) is 11.3 Å². The molecule has 0 amide bonds. The summed E-state index contributed by atoms with van der Waals surface area (Å²) in [7, 11) is 0. The van der Waals surface area contributed by atoms with Crippen molar-refractivity contribution in [3.63, 3.8) is 0 Å². The van der Waals surface area contributed by atoms with Crippen molar-refractivity contribution in [3.05, 3.63) is 47.0 Å². The highest BCUT2D eigenvalue weighted by molar-refractivity contribution is 7.13. The number of ketones is 1. The lowest BCUT2D eigenvalue weighted by Gasteiger charge is -2.24. The zero-order valence-corrected chi connectivity index (χ0v) is 13.0. The monoisotopic (exact) mass is 288 g/mol. The van der Waals surface area contributed by atoms with E-state index < -0.39 is 0 Å². The van der Waals surface area contributed by atoms with Crippen LogP contribution in [0.25, 0.3) is 0 Å². The Hall–Kier alpha value is -1.68. The minimum absolute atomic E-state index is 0.120. The third-order valence-electron chi connectivity index (χ3n) is 3.19. The highest BCUT2D eigenvalue weighted by atomic mass is 32.1. The van der Waals surface area contributed by atoms with Crippen molar-refractivity contribution in [1.82, 2.24) is 4.98 Å². The molecule has 0 saturated carbocycles. The molecule has 106 valence electrons. The van der Waals surface area contributed by atoms with Gasteiger partial charge < -0.3 is 4.90 Å². The van der Waals surface area contributed by atoms with Gasteiger partial charge in [0.25, 0.3) is 0 Å². The largest absolute Gasteiger partial charge is 0.346 e. The van der Waals surface area contributed by atoms with Crippen LogP contribution in [0.15, 0.2) is 35.7 Å². The molecule has 1 aromatic carbocycles. The Labute approximate surface area is 124 Å². The van der Waals surface area contributed by atoms with E-state index in [1.807, 2.05) is 35.7 Å². The van der Waals surface area contributed by atoms with Gasteiger partial charge >= 0.3 is 0 Å². The Morgan fingerprint density at radius 3 is 2.60 bits per heavy atom. The maximum Gasteiger partial charge on any atom is 0.185 e. The van der Waals surface area contributed by atoms with Crippen molar-refractivity contribution in [2.75, 3.05) is 11.4 Å². The van der Waals surface area contributed by atoms with Gasteiger partial charge in [0, 0.05) is 23.5 Å². The molecule has 0 atom stereocenters. The van der Waals surface area contributed by atoms with E-state index in [0.29, 0.717) is 12.5 Å². The van der Waals surface area contributed by atoms with Crippen LogP contribution < -0.4 is 4.90 Å². The number of hydrogen-bond acceptors (Lipinski definition) is 4. The molecule has 4 heteroatoms. The Balaban J connectivity index is 2.08. The highest BCUT2D eigenvalue weighted by Crippen LogP contribution is 2.23. The van der Waals surface area contributed by atoms with Gasteiger partial charge in [0.1, 0.15) is 0 Å². The van der Waals surface area contributed by atoms with Crippen molar-refractivity contribution < 1.29 is 4.79 Å². The van der Waals surface area contributed by atoms with E-state index in [2.05, 4.69) is 30.7 Å². The normalized spacial score (nSPS) is 10.8. The summed E-state index contributed by atoms with van der Waals surface area (Å²) < 4.78 is 0. The first kappa shape index (κ1) is 14.7. The molecule has 1 aromatic heterocycles. The molecule has 0 fully saturated rings. The third-order valence-corrected chi connectivity index (χ3v) is 4.11. The zero-order valence-electron chi connectivity index (χ0n) is 12.2. The fourth-order valence-electron chi connectivity index (χ4n) is 2.12. The van der Waals surface area contributed by atoms with Crippen LogP contribution in [0.3, 0.4) is 0 Å². The van der Waals surface area contributed by atoms with Crippen LogP contribution in [-0.2, 0) is 6.42 Å². The fraction of sp³-hybridized carbons (Fsp3) is 0.375. The van der Waals surface area contributed by atoms with Crippen LogP contribution in [0.5, 0.6) is 0 Å². The zero-order chi connectivity index (χ0) is 14.5. The Bertz CT molecular complexity index is 563. The molecule has 20 heavy (non-hydrogen) atoms. The topological polar surface area (TPSA) is 33.2 Å². The number of aromatic nitrogens is 1. The van der Waals surface area contributed by atoms with Crippen LogP contribution >= 0.6 is 11.3 Å². The molecule has 0 spiro atoms. The van der Waals surface area contributed by atoms with E-state index >= 15 is 0 Å². The van der Waals surface area contributed by atoms with Gasteiger partial charge in [-0.2, -0.15) is 0 Å². The summed E-state index contributed by atoms with van der Waals surface area (Å²) in [4.78, 5) is 19.0. The second-order valence-electron chi connectivity index (χ2n) is 4.97. The molecule has 0 saturated heterocycles. The molecule has 0 bridgehead atoms. The Morgan fingerprint density at radius 2 is 2.00 bits per heavy atom. The van der Waals surface area contributed by atoms with Gasteiger partial charge in [0.15, 0.2) is 10.9 Å². The second kappa shape index (κ2) is 6.66. The van der Waals surface area contributed by atoms with Crippen LogP contribution in [0.4, 0.5) is 5.13 Å². The van der Waals surface area contributed by atoms with E-state index in [4.69, 9.17) is 0 Å². The van der Waals surface area contributed by atoms with Gasteiger partial charge in [0.2, 0.25) is 0 Å². The van der Waals surface area contributed by atoms with Crippen molar-refractivity contribution in [3.8, 4) is 0 Å². The van der Waals surface area contributed by atoms with Crippen LogP contribution in [0.2, 0.25) is 0 Å². The number of anilines is 1. The van der Waals surface area contributed by atoms with Crippen molar-refractivity contribution in [2.24, 2.45) is 0 Å². The van der Waals surface area contributed by atoms with E-state index in [0.717, 1.165) is 22.9 Å². The van der Waals surface area contributed by atoms with Crippen LogP contribution in [0, 0.1) is 0 Å². The number of benzene rings is 1. The number of nitrogens with zero attached hydrogens (tertiary/aromatic N) is 2. The highest BCUT2D eigenvalue weighted by Gasteiger charge is 2.14. The Kier molecular flexibility index (Phi) is 4.90. The smallest absolute Gasteiger partial charge is 0.185 e. The fourth-order valence-corrected chi connectivity index (χ4v) is 3.14. The van der Waals surface area contributed by atoms with Crippen molar-refractivity contribution in [2.45, 2.75) is 33.2 Å². The minimum atomic E-state index is 0.120. The summed E-state index contributed by atoms with van der Waals surface area (Å²) in [6.45, 7) is 7.35. The third kappa shape index (κ3) is 3.45. The summed E-state index contributed by atoms with van der Waals surface area (Å²) in [5.41, 5.74) is 1.61. The Morgan fingerprint density at radius 1 is 1.30 bits per heavy atom. The molecule has 0 unspecified atom stereocenters. The van der Waals surface area contributed by atoms with E-state index in [9.17, 15) is 4.79 Å². The molecule has 0 aliphatic rings. The maximum atomic E-state index is 12.1. The predicted octanol–water partition coefficient (Wildman–Crippen LogP) is 3.80. The average molecular weight is 288 g/mol. The van der Waals surface area contributed by atoms with Crippen LogP contribution in [0.1, 0.15) is 36.8 Å². The summed E-state index contributed by atoms with van der Waals surface area (Å²) in [5, 5.41) is 2.99. The molecule has 0 aliphatic carbocycles. The van der Waals surface area contributed by atoms with Gasteiger partial charge in [-0.1, -0.05) is 30.3 Å². The molecule has 1 heterocycles. The maximum absolute atomic E-state index is 12.1.